The normalized spacial score (nSPS) is 12.9. The average molecular weight is 416 g/mol. The lowest BCUT2D eigenvalue weighted by Gasteiger charge is -2.20. The first-order valence-electron chi connectivity index (χ1n) is 10.4. The van der Waals surface area contributed by atoms with E-state index in [2.05, 4.69) is 4.90 Å². The molecule has 0 saturated heterocycles. The summed E-state index contributed by atoms with van der Waals surface area (Å²) in [5.74, 6) is -0.727. The second-order valence-electron chi connectivity index (χ2n) is 7.76. The molecule has 0 heterocycles. The third-order valence-electron chi connectivity index (χ3n) is 5.17. The molecule has 31 heavy (non-hydrogen) atoms. The van der Waals surface area contributed by atoms with Gasteiger partial charge in [-0.15, -0.1) is 0 Å². The molecule has 3 rings (SSSR count). The fraction of sp³-hybridized carbons (Fsp3) is 0.222. The van der Waals surface area contributed by atoms with Crippen LogP contribution in [0.2, 0.25) is 0 Å². The second kappa shape index (κ2) is 10.6. The fourth-order valence-corrected chi connectivity index (χ4v) is 3.50. The van der Waals surface area contributed by atoms with Crippen molar-refractivity contribution in [1.29, 1.82) is 0 Å². The zero-order chi connectivity index (χ0) is 22.2. The Bertz CT molecular complexity index is 1010. The Labute approximate surface area is 184 Å². The molecule has 1 atom stereocenters. The largest absolute Gasteiger partial charge is 0.492 e. The van der Waals surface area contributed by atoms with Gasteiger partial charge < -0.3 is 14.7 Å². The predicted molar refractivity (Wildman–Crippen MR) is 126 cm³/mol. The van der Waals surface area contributed by atoms with Gasteiger partial charge in [-0.05, 0) is 61.0 Å². The van der Waals surface area contributed by atoms with E-state index < -0.39 is 11.9 Å². The molecule has 0 saturated carbocycles. The van der Waals surface area contributed by atoms with Crippen LogP contribution in [0.4, 0.5) is 0 Å². The molecule has 4 heteroatoms. The van der Waals surface area contributed by atoms with E-state index in [4.69, 9.17) is 4.74 Å². The number of carboxylic acid groups (broad SMARTS) is 1. The lowest BCUT2D eigenvalue weighted by Crippen LogP contribution is -2.19. The van der Waals surface area contributed by atoms with Crippen molar-refractivity contribution < 1.29 is 14.6 Å². The van der Waals surface area contributed by atoms with Crippen molar-refractivity contribution in [2.24, 2.45) is 5.92 Å². The fourth-order valence-electron chi connectivity index (χ4n) is 3.50. The van der Waals surface area contributed by atoms with Gasteiger partial charge >= 0.3 is 5.97 Å². The van der Waals surface area contributed by atoms with Crippen LogP contribution in [0.1, 0.15) is 23.6 Å². The van der Waals surface area contributed by atoms with Crippen LogP contribution in [0.5, 0.6) is 5.75 Å². The van der Waals surface area contributed by atoms with Gasteiger partial charge in [0.25, 0.3) is 0 Å². The van der Waals surface area contributed by atoms with Crippen molar-refractivity contribution in [1.82, 2.24) is 4.90 Å². The van der Waals surface area contributed by atoms with Crippen LogP contribution in [0.15, 0.2) is 84.9 Å². The van der Waals surface area contributed by atoms with Crippen LogP contribution in [-0.4, -0.2) is 43.2 Å². The Morgan fingerprint density at radius 3 is 1.87 bits per heavy atom. The Morgan fingerprint density at radius 2 is 1.35 bits per heavy atom. The molecule has 3 aromatic rings. The standard InChI is InChI=1S/C27H29NO3/c1-20(27(29)30)25(21-10-6-4-7-11-21)26(22-12-8-5-9-13-22)23-14-16-24(17-15-23)31-19-18-28(2)3/h4-17,20H,18-19H2,1-3H3,(H,29,30)/b26-25-. The van der Waals surface area contributed by atoms with Gasteiger partial charge in [-0.1, -0.05) is 72.8 Å². The highest BCUT2D eigenvalue weighted by Gasteiger charge is 2.24. The molecule has 160 valence electrons. The van der Waals surface area contributed by atoms with Gasteiger partial charge in [0, 0.05) is 6.54 Å². The summed E-state index contributed by atoms with van der Waals surface area (Å²) in [5.41, 5.74) is 4.55. The van der Waals surface area contributed by atoms with E-state index in [9.17, 15) is 9.90 Å². The van der Waals surface area contributed by atoms with Crippen molar-refractivity contribution in [2.75, 3.05) is 27.2 Å². The summed E-state index contributed by atoms with van der Waals surface area (Å²) in [7, 11) is 4.02. The third kappa shape index (κ3) is 5.83. The Kier molecular flexibility index (Phi) is 7.63. The minimum absolute atomic E-state index is 0.610. The number of carboxylic acids is 1. The molecule has 0 aliphatic carbocycles. The van der Waals surface area contributed by atoms with Crippen LogP contribution < -0.4 is 4.74 Å². The quantitative estimate of drug-likeness (QED) is 0.482. The van der Waals surface area contributed by atoms with E-state index >= 15 is 0 Å². The molecule has 0 aliphatic heterocycles. The van der Waals surface area contributed by atoms with Crippen molar-refractivity contribution in [2.45, 2.75) is 6.92 Å². The lowest BCUT2D eigenvalue weighted by atomic mass is 9.83. The Balaban J connectivity index is 2.12. The second-order valence-corrected chi connectivity index (χ2v) is 7.76. The number of benzene rings is 3. The molecule has 0 bridgehead atoms. The minimum Gasteiger partial charge on any atom is -0.492 e. The maximum absolute atomic E-state index is 12.1. The first-order chi connectivity index (χ1) is 15.0. The summed E-state index contributed by atoms with van der Waals surface area (Å²) in [5, 5.41) is 9.88. The summed E-state index contributed by atoms with van der Waals surface area (Å²) in [6.07, 6.45) is 0. The maximum atomic E-state index is 12.1. The minimum atomic E-state index is -0.851. The van der Waals surface area contributed by atoms with Crippen molar-refractivity contribution >= 4 is 17.1 Å². The summed E-state index contributed by atoms with van der Waals surface area (Å²) in [6.45, 7) is 3.19. The number of ether oxygens (including phenoxy) is 1. The van der Waals surface area contributed by atoms with Gasteiger partial charge in [0.15, 0.2) is 0 Å². The number of hydrogen-bond acceptors (Lipinski definition) is 3. The summed E-state index contributed by atoms with van der Waals surface area (Å²) < 4.78 is 5.84. The molecule has 3 aromatic carbocycles. The molecule has 0 spiro atoms. The molecule has 0 aliphatic rings. The number of nitrogens with zero attached hydrogens (tertiary/aromatic N) is 1. The van der Waals surface area contributed by atoms with Crippen LogP contribution in [0.3, 0.4) is 0 Å². The first kappa shape index (κ1) is 22.3. The van der Waals surface area contributed by atoms with Crippen LogP contribution in [0.25, 0.3) is 11.1 Å². The zero-order valence-electron chi connectivity index (χ0n) is 18.3. The zero-order valence-corrected chi connectivity index (χ0v) is 18.3. The van der Waals surface area contributed by atoms with Gasteiger partial charge in [0.2, 0.25) is 0 Å². The van der Waals surface area contributed by atoms with Crippen LogP contribution in [-0.2, 0) is 4.79 Å². The van der Waals surface area contributed by atoms with Gasteiger partial charge in [0.1, 0.15) is 12.4 Å². The van der Waals surface area contributed by atoms with Crippen LogP contribution >= 0.6 is 0 Å². The van der Waals surface area contributed by atoms with Gasteiger partial charge in [-0.3, -0.25) is 4.79 Å². The molecule has 1 unspecified atom stereocenters. The molecule has 0 amide bonds. The smallest absolute Gasteiger partial charge is 0.310 e. The van der Waals surface area contributed by atoms with E-state index in [0.29, 0.717) is 6.61 Å². The van der Waals surface area contributed by atoms with E-state index in [-0.39, 0.29) is 0 Å². The van der Waals surface area contributed by atoms with Crippen molar-refractivity contribution in [3.63, 3.8) is 0 Å². The van der Waals surface area contributed by atoms with Crippen LogP contribution in [0, 0.1) is 5.92 Å². The van der Waals surface area contributed by atoms with Gasteiger partial charge in [-0.25, -0.2) is 0 Å². The molecule has 1 N–H and O–H groups in total. The van der Waals surface area contributed by atoms with E-state index in [1.165, 1.54) is 0 Å². The topological polar surface area (TPSA) is 49.8 Å². The predicted octanol–water partition coefficient (Wildman–Crippen LogP) is 5.31. The summed E-state index contributed by atoms with van der Waals surface area (Å²) in [4.78, 5) is 14.1. The average Bonchev–Trinajstić information content (AvgIpc) is 2.78. The van der Waals surface area contributed by atoms with E-state index in [1.807, 2.05) is 99.0 Å². The Morgan fingerprint density at radius 1 is 0.839 bits per heavy atom. The Hall–Kier alpha value is -3.37. The van der Waals surface area contributed by atoms with E-state index in [1.54, 1.807) is 6.92 Å². The molecular weight excluding hydrogens is 386 g/mol. The maximum Gasteiger partial charge on any atom is 0.310 e. The highest BCUT2D eigenvalue weighted by Crippen LogP contribution is 2.37. The molecule has 0 fully saturated rings. The van der Waals surface area contributed by atoms with Crippen molar-refractivity contribution in [3.8, 4) is 5.75 Å². The molecule has 0 aromatic heterocycles. The number of aliphatic carboxylic acids is 1. The number of likely N-dealkylation sites (N-methyl/N-ethyl adjacent to an activating group) is 1. The number of rotatable bonds is 9. The summed E-state index contributed by atoms with van der Waals surface area (Å²) >= 11 is 0. The highest BCUT2D eigenvalue weighted by molar-refractivity contribution is 6.04. The number of hydrogen-bond donors (Lipinski definition) is 1. The molecule has 0 radical (unpaired) electrons. The van der Waals surface area contributed by atoms with Crippen molar-refractivity contribution in [3.05, 3.63) is 102 Å². The SMILES string of the molecule is CC(C(=O)O)/C(=C(\c1ccccc1)c1ccc(OCCN(C)C)cc1)c1ccccc1. The van der Waals surface area contributed by atoms with Gasteiger partial charge in [0.05, 0.1) is 5.92 Å². The highest BCUT2D eigenvalue weighted by atomic mass is 16.5. The lowest BCUT2D eigenvalue weighted by molar-refractivity contribution is -0.139. The molecule has 4 nitrogen and oxygen atoms in total. The monoisotopic (exact) mass is 415 g/mol. The third-order valence-corrected chi connectivity index (χ3v) is 5.17. The molecular formula is C27H29NO3. The first-order valence-corrected chi connectivity index (χ1v) is 10.4. The van der Waals surface area contributed by atoms with E-state index in [0.717, 1.165) is 40.1 Å². The van der Waals surface area contributed by atoms with Gasteiger partial charge in [-0.2, -0.15) is 0 Å². The number of carbonyl (C=O) groups is 1. The summed E-state index contributed by atoms with van der Waals surface area (Å²) in [6, 6.07) is 27.6.